The first-order valence-corrected chi connectivity index (χ1v) is 6.97. The van der Waals surface area contributed by atoms with Crippen molar-refractivity contribution in [3.63, 3.8) is 0 Å². The standard InChI is InChI=1S/C19H15NO/c20-14-18-17-9-5-4-8-16(17)10-11-19(18)21-13-12-15-6-2-1-3-7-15/h1-11H,12-13H2. The van der Waals surface area contributed by atoms with Crippen LogP contribution in [0.5, 0.6) is 5.75 Å². The van der Waals surface area contributed by atoms with Crippen LogP contribution < -0.4 is 4.74 Å². The largest absolute Gasteiger partial charge is 0.492 e. The fourth-order valence-electron chi connectivity index (χ4n) is 2.41. The van der Waals surface area contributed by atoms with Crippen molar-refractivity contribution >= 4 is 10.8 Å². The van der Waals surface area contributed by atoms with Crippen LogP contribution in [0.15, 0.2) is 66.7 Å². The SMILES string of the molecule is N#Cc1c(OCCc2ccccc2)ccc2ccccc12. The molecule has 0 aliphatic heterocycles. The molecule has 0 atom stereocenters. The molecule has 2 heteroatoms. The number of nitrogens with zero attached hydrogens (tertiary/aromatic N) is 1. The highest BCUT2D eigenvalue weighted by atomic mass is 16.5. The minimum Gasteiger partial charge on any atom is -0.492 e. The van der Waals surface area contributed by atoms with Crippen molar-refractivity contribution in [1.82, 2.24) is 0 Å². The molecule has 0 amide bonds. The van der Waals surface area contributed by atoms with Crippen molar-refractivity contribution in [2.75, 3.05) is 6.61 Å². The van der Waals surface area contributed by atoms with E-state index in [9.17, 15) is 5.26 Å². The van der Waals surface area contributed by atoms with E-state index in [2.05, 4.69) is 18.2 Å². The van der Waals surface area contributed by atoms with Gasteiger partial charge < -0.3 is 4.74 Å². The molecule has 0 saturated heterocycles. The van der Waals surface area contributed by atoms with Crippen molar-refractivity contribution in [1.29, 1.82) is 5.26 Å². The lowest BCUT2D eigenvalue weighted by Gasteiger charge is -2.10. The first-order chi connectivity index (χ1) is 10.4. The molecule has 3 aromatic rings. The number of nitriles is 1. The molecular weight excluding hydrogens is 258 g/mol. The number of benzene rings is 3. The Bertz CT molecular complexity index is 788. The molecule has 0 radical (unpaired) electrons. The summed E-state index contributed by atoms with van der Waals surface area (Å²) < 4.78 is 5.82. The van der Waals surface area contributed by atoms with E-state index in [0.717, 1.165) is 17.2 Å². The van der Waals surface area contributed by atoms with E-state index in [1.165, 1.54) is 5.56 Å². The van der Waals surface area contributed by atoms with Gasteiger partial charge in [0, 0.05) is 11.8 Å². The summed E-state index contributed by atoms with van der Waals surface area (Å²) >= 11 is 0. The van der Waals surface area contributed by atoms with E-state index < -0.39 is 0 Å². The normalized spacial score (nSPS) is 10.2. The number of hydrogen-bond acceptors (Lipinski definition) is 2. The third kappa shape index (κ3) is 2.88. The van der Waals surface area contributed by atoms with Crippen LogP contribution in [0.4, 0.5) is 0 Å². The Morgan fingerprint density at radius 2 is 1.62 bits per heavy atom. The van der Waals surface area contributed by atoms with Crippen LogP contribution in [-0.4, -0.2) is 6.61 Å². The summed E-state index contributed by atoms with van der Waals surface area (Å²) in [4.78, 5) is 0. The number of ether oxygens (including phenoxy) is 1. The van der Waals surface area contributed by atoms with Crippen LogP contribution in [0, 0.1) is 11.3 Å². The zero-order chi connectivity index (χ0) is 14.5. The van der Waals surface area contributed by atoms with Crippen LogP contribution in [0.1, 0.15) is 11.1 Å². The molecule has 0 N–H and O–H groups in total. The molecule has 0 aromatic heterocycles. The van der Waals surface area contributed by atoms with Gasteiger partial charge in [0.05, 0.1) is 6.61 Å². The van der Waals surface area contributed by atoms with Gasteiger partial charge in [-0.2, -0.15) is 5.26 Å². The summed E-state index contributed by atoms with van der Waals surface area (Å²) in [6, 6.07) is 24.2. The van der Waals surface area contributed by atoms with E-state index in [4.69, 9.17) is 4.74 Å². The van der Waals surface area contributed by atoms with Gasteiger partial charge in [-0.1, -0.05) is 60.7 Å². The van der Waals surface area contributed by atoms with E-state index in [1.807, 2.05) is 54.6 Å². The minimum atomic E-state index is 0.567. The molecule has 0 heterocycles. The molecule has 0 aliphatic carbocycles. The smallest absolute Gasteiger partial charge is 0.137 e. The van der Waals surface area contributed by atoms with Crippen LogP contribution >= 0.6 is 0 Å². The quantitative estimate of drug-likeness (QED) is 0.708. The average molecular weight is 273 g/mol. The second-order valence-electron chi connectivity index (χ2n) is 4.86. The molecule has 0 bridgehead atoms. The molecule has 3 aromatic carbocycles. The van der Waals surface area contributed by atoms with Crippen molar-refractivity contribution < 1.29 is 4.74 Å². The molecular formula is C19H15NO. The molecule has 102 valence electrons. The van der Waals surface area contributed by atoms with E-state index >= 15 is 0 Å². The van der Waals surface area contributed by atoms with Crippen LogP contribution in [0.25, 0.3) is 10.8 Å². The van der Waals surface area contributed by atoms with E-state index in [0.29, 0.717) is 17.9 Å². The second kappa shape index (κ2) is 6.11. The van der Waals surface area contributed by atoms with Crippen LogP contribution in [-0.2, 0) is 6.42 Å². The van der Waals surface area contributed by atoms with Gasteiger partial charge in [0.25, 0.3) is 0 Å². The Balaban J connectivity index is 1.80. The maximum absolute atomic E-state index is 9.40. The van der Waals surface area contributed by atoms with E-state index in [1.54, 1.807) is 0 Å². The van der Waals surface area contributed by atoms with Gasteiger partial charge in [-0.3, -0.25) is 0 Å². The Morgan fingerprint density at radius 3 is 2.43 bits per heavy atom. The van der Waals surface area contributed by atoms with Crippen LogP contribution in [0.2, 0.25) is 0 Å². The average Bonchev–Trinajstić information content (AvgIpc) is 2.55. The van der Waals surface area contributed by atoms with Crippen molar-refractivity contribution in [3.05, 3.63) is 77.9 Å². The lowest BCUT2D eigenvalue weighted by atomic mass is 10.0. The number of hydrogen-bond donors (Lipinski definition) is 0. The van der Waals surface area contributed by atoms with Crippen LogP contribution in [0.3, 0.4) is 0 Å². The lowest BCUT2D eigenvalue weighted by molar-refractivity contribution is 0.321. The van der Waals surface area contributed by atoms with Crippen molar-refractivity contribution in [2.24, 2.45) is 0 Å². The highest BCUT2D eigenvalue weighted by Gasteiger charge is 2.08. The highest BCUT2D eigenvalue weighted by Crippen LogP contribution is 2.27. The molecule has 3 rings (SSSR count). The molecule has 2 nitrogen and oxygen atoms in total. The molecule has 0 unspecified atom stereocenters. The summed E-state index contributed by atoms with van der Waals surface area (Å²) in [6.45, 7) is 0.567. The fraction of sp³-hybridized carbons (Fsp3) is 0.105. The van der Waals surface area contributed by atoms with Crippen molar-refractivity contribution in [2.45, 2.75) is 6.42 Å². The maximum Gasteiger partial charge on any atom is 0.137 e. The van der Waals surface area contributed by atoms with Gasteiger partial charge in [0.2, 0.25) is 0 Å². The number of rotatable bonds is 4. The Hall–Kier alpha value is -2.79. The lowest BCUT2D eigenvalue weighted by Crippen LogP contribution is -2.02. The summed E-state index contributed by atoms with van der Waals surface area (Å²) in [5, 5.41) is 11.4. The third-order valence-electron chi connectivity index (χ3n) is 3.49. The van der Waals surface area contributed by atoms with Gasteiger partial charge in [-0.25, -0.2) is 0 Å². The first-order valence-electron chi connectivity index (χ1n) is 6.97. The van der Waals surface area contributed by atoms with E-state index in [-0.39, 0.29) is 0 Å². The van der Waals surface area contributed by atoms with Gasteiger partial charge in [-0.15, -0.1) is 0 Å². The summed E-state index contributed by atoms with van der Waals surface area (Å²) in [5.41, 5.74) is 1.85. The Kier molecular flexibility index (Phi) is 3.84. The monoisotopic (exact) mass is 273 g/mol. The third-order valence-corrected chi connectivity index (χ3v) is 3.49. The Labute approximate surface area is 124 Å². The topological polar surface area (TPSA) is 33.0 Å². The zero-order valence-corrected chi connectivity index (χ0v) is 11.6. The Morgan fingerprint density at radius 1 is 0.857 bits per heavy atom. The predicted octanol–water partition coefficient (Wildman–Crippen LogP) is 4.33. The fourth-order valence-corrected chi connectivity index (χ4v) is 2.41. The second-order valence-corrected chi connectivity index (χ2v) is 4.86. The summed E-state index contributed by atoms with van der Waals surface area (Å²) in [6.07, 6.45) is 0.832. The molecule has 0 spiro atoms. The van der Waals surface area contributed by atoms with Gasteiger partial charge in [0.15, 0.2) is 0 Å². The summed E-state index contributed by atoms with van der Waals surface area (Å²) in [5.74, 6) is 0.659. The maximum atomic E-state index is 9.40. The van der Waals surface area contributed by atoms with Crippen molar-refractivity contribution in [3.8, 4) is 11.8 Å². The zero-order valence-electron chi connectivity index (χ0n) is 11.6. The van der Waals surface area contributed by atoms with Gasteiger partial charge in [-0.05, 0) is 17.0 Å². The van der Waals surface area contributed by atoms with Gasteiger partial charge >= 0.3 is 0 Å². The molecule has 0 saturated carbocycles. The number of fused-ring (bicyclic) bond motifs is 1. The minimum absolute atomic E-state index is 0.567. The molecule has 0 aliphatic rings. The molecule has 0 fully saturated rings. The molecule has 21 heavy (non-hydrogen) atoms. The summed E-state index contributed by atoms with van der Waals surface area (Å²) in [7, 11) is 0. The van der Waals surface area contributed by atoms with Gasteiger partial charge in [0.1, 0.15) is 17.4 Å². The first kappa shape index (κ1) is 13.2. The highest BCUT2D eigenvalue weighted by molar-refractivity contribution is 5.90. The predicted molar refractivity (Wildman–Crippen MR) is 84.3 cm³/mol.